The first kappa shape index (κ1) is 15.8. The molecule has 2 saturated carbocycles. The molecule has 0 aromatic carbocycles. The maximum absolute atomic E-state index is 12.0. The molecular weight excluding hydrogens is 250 g/mol. The van der Waals surface area contributed by atoms with Gasteiger partial charge in [0.05, 0.1) is 5.54 Å². The van der Waals surface area contributed by atoms with Crippen LogP contribution in [0.15, 0.2) is 0 Å². The second-order valence-electron chi connectivity index (χ2n) is 6.86. The van der Waals surface area contributed by atoms with Gasteiger partial charge in [-0.25, -0.2) is 0 Å². The van der Waals surface area contributed by atoms with Gasteiger partial charge in [0, 0.05) is 12.6 Å². The molecule has 0 aromatic heterocycles. The zero-order chi connectivity index (χ0) is 14.6. The number of hydrogen-bond acceptors (Lipinski definition) is 3. The van der Waals surface area contributed by atoms with E-state index in [0.717, 1.165) is 38.1 Å². The maximum Gasteiger partial charge on any atom is 0.237 e. The number of hydrogen-bond donors (Lipinski definition) is 2. The number of carbonyl (C=O) groups excluding carboxylic acids is 1. The Balaban J connectivity index is 1.95. The van der Waals surface area contributed by atoms with Gasteiger partial charge in [0.15, 0.2) is 0 Å². The largest absolute Gasteiger partial charge is 0.368 e. The first-order chi connectivity index (χ1) is 9.57. The van der Waals surface area contributed by atoms with Gasteiger partial charge in [-0.15, -0.1) is 0 Å². The number of nitrogens with one attached hydrogen (secondary N) is 1. The molecule has 2 rings (SSSR count). The van der Waals surface area contributed by atoms with Gasteiger partial charge in [-0.3, -0.25) is 4.79 Å². The SMILES string of the molecule is CCCNC1(C(N)=O)CCCC(N(C)CC2CCC2)C1. The quantitative estimate of drug-likeness (QED) is 0.749. The highest BCUT2D eigenvalue weighted by atomic mass is 16.1. The van der Waals surface area contributed by atoms with Crippen LogP contribution in [0.2, 0.25) is 0 Å². The summed E-state index contributed by atoms with van der Waals surface area (Å²) in [4.78, 5) is 14.5. The van der Waals surface area contributed by atoms with Crippen LogP contribution in [0.4, 0.5) is 0 Å². The molecular formula is C16H31N3O. The fourth-order valence-corrected chi connectivity index (χ4v) is 3.69. The minimum absolute atomic E-state index is 0.160. The van der Waals surface area contributed by atoms with Crippen LogP contribution in [0.3, 0.4) is 0 Å². The molecule has 116 valence electrons. The van der Waals surface area contributed by atoms with Gasteiger partial charge < -0.3 is 16.0 Å². The molecule has 20 heavy (non-hydrogen) atoms. The van der Waals surface area contributed by atoms with Gasteiger partial charge in [0.25, 0.3) is 0 Å². The molecule has 2 aliphatic carbocycles. The molecule has 2 fully saturated rings. The molecule has 2 unspecified atom stereocenters. The molecule has 2 aliphatic rings. The van der Waals surface area contributed by atoms with E-state index in [0.29, 0.717) is 6.04 Å². The van der Waals surface area contributed by atoms with Crippen LogP contribution in [0.5, 0.6) is 0 Å². The minimum Gasteiger partial charge on any atom is -0.368 e. The second kappa shape index (κ2) is 6.90. The molecule has 2 atom stereocenters. The number of carbonyl (C=O) groups is 1. The van der Waals surface area contributed by atoms with Crippen molar-refractivity contribution in [3.05, 3.63) is 0 Å². The van der Waals surface area contributed by atoms with Crippen LogP contribution in [0, 0.1) is 5.92 Å². The van der Waals surface area contributed by atoms with E-state index in [9.17, 15) is 4.79 Å². The Morgan fingerprint density at radius 1 is 1.35 bits per heavy atom. The van der Waals surface area contributed by atoms with E-state index >= 15 is 0 Å². The van der Waals surface area contributed by atoms with Crippen molar-refractivity contribution in [2.45, 2.75) is 69.9 Å². The van der Waals surface area contributed by atoms with Crippen molar-refractivity contribution in [1.29, 1.82) is 0 Å². The zero-order valence-corrected chi connectivity index (χ0v) is 13.2. The van der Waals surface area contributed by atoms with Gasteiger partial charge >= 0.3 is 0 Å². The van der Waals surface area contributed by atoms with Crippen LogP contribution < -0.4 is 11.1 Å². The van der Waals surface area contributed by atoms with E-state index in [2.05, 4.69) is 24.2 Å². The molecule has 0 spiro atoms. The van der Waals surface area contributed by atoms with E-state index in [1.54, 1.807) is 0 Å². The molecule has 0 heterocycles. The van der Waals surface area contributed by atoms with Crippen molar-refractivity contribution in [1.82, 2.24) is 10.2 Å². The lowest BCUT2D eigenvalue weighted by Crippen LogP contribution is -2.60. The lowest BCUT2D eigenvalue weighted by Gasteiger charge is -2.44. The Morgan fingerprint density at radius 3 is 2.65 bits per heavy atom. The van der Waals surface area contributed by atoms with E-state index < -0.39 is 5.54 Å². The molecule has 4 nitrogen and oxygen atoms in total. The topological polar surface area (TPSA) is 58.4 Å². The number of nitrogens with two attached hydrogens (primary N) is 1. The second-order valence-corrected chi connectivity index (χ2v) is 6.86. The fourth-order valence-electron chi connectivity index (χ4n) is 3.69. The molecule has 3 N–H and O–H groups in total. The summed E-state index contributed by atoms with van der Waals surface area (Å²) < 4.78 is 0. The first-order valence-electron chi connectivity index (χ1n) is 8.32. The number of nitrogens with zero attached hydrogens (tertiary/aromatic N) is 1. The van der Waals surface area contributed by atoms with Crippen molar-refractivity contribution < 1.29 is 4.79 Å². The van der Waals surface area contributed by atoms with E-state index in [1.165, 1.54) is 32.2 Å². The molecule has 0 aromatic rings. The Labute approximate surface area is 123 Å². The highest BCUT2D eigenvalue weighted by molar-refractivity contribution is 5.84. The number of amides is 1. The summed E-state index contributed by atoms with van der Waals surface area (Å²) >= 11 is 0. The summed E-state index contributed by atoms with van der Waals surface area (Å²) in [6.07, 6.45) is 9.27. The molecule has 0 saturated heterocycles. The summed E-state index contributed by atoms with van der Waals surface area (Å²) in [5.74, 6) is 0.723. The van der Waals surface area contributed by atoms with E-state index in [4.69, 9.17) is 5.73 Å². The smallest absolute Gasteiger partial charge is 0.237 e. The first-order valence-corrected chi connectivity index (χ1v) is 8.32. The Morgan fingerprint density at radius 2 is 2.10 bits per heavy atom. The average molecular weight is 281 g/mol. The molecule has 0 bridgehead atoms. The zero-order valence-electron chi connectivity index (χ0n) is 13.2. The summed E-state index contributed by atoms with van der Waals surface area (Å²) in [6, 6.07) is 0.501. The van der Waals surface area contributed by atoms with E-state index in [-0.39, 0.29) is 5.91 Å². The van der Waals surface area contributed by atoms with Crippen molar-refractivity contribution in [2.24, 2.45) is 11.7 Å². The highest BCUT2D eigenvalue weighted by Crippen LogP contribution is 2.33. The summed E-state index contributed by atoms with van der Waals surface area (Å²) in [7, 11) is 2.22. The highest BCUT2D eigenvalue weighted by Gasteiger charge is 2.42. The maximum atomic E-state index is 12.0. The van der Waals surface area contributed by atoms with Crippen molar-refractivity contribution in [2.75, 3.05) is 20.1 Å². The third kappa shape index (κ3) is 3.53. The normalized spacial score (nSPS) is 31.2. The van der Waals surface area contributed by atoms with Crippen molar-refractivity contribution in [3.8, 4) is 0 Å². The van der Waals surface area contributed by atoms with Gasteiger partial charge in [0.2, 0.25) is 5.91 Å². The molecule has 4 heteroatoms. The minimum atomic E-state index is -0.465. The average Bonchev–Trinajstić information content (AvgIpc) is 2.40. The third-order valence-electron chi connectivity index (χ3n) is 5.30. The number of primary amides is 1. The van der Waals surface area contributed by atoms with Gasteiger partial charge in [-0.2, -0.15) is 0 Å². The molecule has 0 radical (unpaired) electrons. The van der Waals surface area contributed by atoms with Crippen molar-refractivity contribution in [3.63, 3.8) is 0 Å². The van der Waals surface area contributed by atoms with Crippen LogP contribution in [-0.4, -0.2) is 42.5 Å². The van der Waals surface area contributed by atoms with Gasteiger partial charge in [-0.05, 0) is 64.5 Å². The third-order valence-corrected chi connectivity index (χ3v) is 5.30. The predicted molar refractivity (Wildman–Crippen MR) is 82.4 cm³/mol. The summed E-state index contributed by atoms with van der Waals surface area (Å²) in [6.45, 7) is 4.19. The molecule has 0 aliphatic heterocycles. The van der Waals surface area contributed by atoms with E-state index in [1.807, 2.05) is 0 Å². The fraction of sp³-hybridized carbons (Fsp3) is 0.938. The van der Waals surface area contributed by atoms with Crippen molar-refractivity contribution >= 4 is 5.91 Å². The van der Waals surface area contributed by atoms with Crippen LogP contribution >= 0.6 is 0 Å². The number of rotatable bonds is 7. The Bertz CT molecular complexity index is 330. The summed E-state index contributed by atoms with van der Waals surface area (Å²) in [5, 5.41) is 3.45. The predicted octanol–water partition coefficient (Wildman–Crippen LogP) is 1.88. The lowest BCUT2D eigenvalue weighted by atomic mass is 9.77. The van der Waals surface area contributed by atoms with Crippen LogP contribution in [-0.2, 0) is 4.79 Å². The molecule has 1 amide bonds. The van der Waals surface area contributed by atoms with Crippen LogP contribution in [0.1, 0.15) is 58.3 Å². The van der Waals surface area contributed by atoms with Gasteiger partial charge in [0.1, 0.15) is 0 Å². The summed E-state index contributed by atoms with van der Waals surface area (Å²) in [5.41, 5.74) is 5.26. The van der Waals surface area contributed by atoms with Gasteiger partial charge in [-0.1, -0.05) is 13.3 Å². The lowest BCUT2D eigenvalue weighted by molar-refractivity contribution is -0.126. The Hall–Kier alpha value is -0.610. The Kier molecular flexibility index (Phi) is 5.44. The van der Waals surface area contributed by atoms with Crippen LogP contribution in [0.25, 0.3) is 0 Å². The monoisotopic (exact) mass is 281 g/mol. The standard InChI is InChI=1S/C16H31N3O/c1-3-10-18-16(15(17)20)9-5-8-14(11-16)19(2)12-13-6-4-7-13/h13-14,18H,3-12H2,1-2H3,(H2,17,20).